The van der Waals surface area contributed by atoms with Gasteiger partial charge < -0.3 is 15.2 Å². The van der Waals surface area contributed by atoms with Gasteiger partial charge in [0.25, 0.3) is 5.91 Å². The third-order valence-electron chi connectivity index (χ3n) is 2.27. The molecule has 1 aliphatic rings. The predicted octanol–water partition coefficient (Wildman–Crippen LogP) is 0.788. The first-order valence-electron chi connectivity index (χ1n) is 5.19. The van der Waals surface area contributed by atoms with E-state index in [1.165, 1.54) is 6.92 Å². The number of ether oxygens (including phenoxy) is 1. The van der Waals surface area contributed by atoms with Crippen LogP contribution in [0.4, 0.5) is 9.59 Å². The molecule has 1 heterocycles. The Kier molecular flexibility index (Phi) is 3.30. The zero-order chi connectivity index (χ0) is 13.4. The number of likely N-dealkylation sites (tertiary alicyclic amines) is 1. The Bertz CT molecular complexity index is 360. The van der Waals surface area contributed by atoms with E-state index in [2.05, 4.69) is 5.32 Å². The van der Waals surface area contributed by atoms with E-state index in [1.54, 1.807) is 20.8 Å². The summed E-state index contributed by atoms with van der Waals surface area (Å²) >= 11 is 0. The molecule has 1 unspecified atom stereocenters. The van der Waals surface area contributed by atoms with Gasteiger partial charge in [-0.25, -0.2) is 14.5 Å². The first-order valence-corrected chi connectivity index (χ1v) is 5.19. The van der Waals surface area contributed by atoms with Crippen LogP contribution in [-0.2, 0) is 9.53 Å². The molecular formula is C10H16N2O5. The normalized spacial score (nSPS) is 24.0. The average molecular weight is 244 g/mol. The van der Waals surface area contributed by atoms with E-state index in [0.29, 0.717) is 4.90 Å². The molecule has 7 heteroatoms. The summed E-state index contributed by atoms with van der Waals surface area (Å²) in [6, 6.07) is -1.41. The molecule has 17 heavy (non-hydrogen) atoms. The van der Waals surface area contributed by atoms with Crippen molar-refractivity contribution in [2.24, 2.45) is 0 Å². The van der Waals surface area contributed by atoms with Crippen LogP contribution in [-0.4, -0.2) is 45.8 Å². The van der Waals surface area contributed by atoms with Gasteiger partial charge in [0.05, 0.1) is 6.04 Å². The lowest BCUT2D eigenvalue weighted by Gasteiger charge is -2.41. The number of hydrogen-bond acceptors (Lipinski definition) is 4. The topological polar surface area (TPSA) is 95.9 Å². The molecule has 2 N–H and O–H groups in total. The summed E-state index contributed by atoms with van der Waals surface area (Å²) in [5.74, 6) is -0.643. The van der Waals surface area contributed by atoms with Crippen LogP contribution in [0.25, 0.3) is 0 Å². The number of nitrogens with one attached hydrogen (secondary N) is 1. The highest BCUT2D eigenvalue weighted by Crippen LogP contribution is 2.20. The van der Waals surface area contributed by atoms with Crippen molar-refractivity contribution in [1.82, 2.24) is 10.2 Å². The fraction of sp³-hybridized carbons (Fsp3) is 0.700. The maximum Gasteiger partial charge on any atom is 0.414 e. The molecule has 2 atom stereocenters. The highest BCUT2D eigenvalue weighted by atomic mass is 16.6. The lowest BCUT2D eigenvalue weighted by Crippen LogP contribution is -2.71. The van der Waals surface area contributed by atoms with Crippen molar-refractivity contribution in [1.29, 1.82) is 0 Å². The van der Waals surface area contributed by atoms with Crippen LogP contribution < -0.4 is 5.32 Å². The fourth-order valence-electron chi connectivity index (χ4n) is 1.51. The highest BCUT2D eigenvalue weighted by molar-refractivity contribution is 6.02. The van der Waals surface area contributed by atoms with Crippen molar-refractivity contribution >= 4 is 18.1 Å². The zero-order valence-corrected chi connectivity index (χ0v) is 10.2. The van der Waals surface area contributed by atoms with Gasteiger partial charge in [-0.2, -0.15) is 0 Å². The standard InChI is InChI=1S/C10H16N2O5/c1-5-6(7(13)12(5)9(15)16)11-8(14)17-10(2,3)4/h5-6H,1-4H3,(H,11,14)(H,15,16)/t5?,6-/m0/s1. The second kappa shape index (κ2) is 4.23. The number of carbonyl (C=O) groups is 3. The molecule has 0 aromatic heterocycles. The molecule has 1 saturated heterocycles. The number of nitrogens with zero attached hydrogens (tertiary/aromatic N) is 1. The van der Waals surface area contributed by atoms with Crippen LogP contribution in [0.2, 0.25) is 0 Å². The van der Waals surface area contributed by atoms with Gasteiger partial charge in [0.1, 0.15) is 11.6 Å². The number of carbonyl (C=O) groups excluding carboxylic acids is 2. The lowest BCUT2D eigenvalue weighted by molar-refractivity contribution is -0.145. The minimum absolute atomic E-state index is 0.576. The van der Waals surface area contributed by atoms with Gasteiger partial charge in [-0.1, -0.05) is 0 Å². The Hall–Kier alpha value is -1.79. The Labute approximate surface area is 98.7 Å². The first kappa shape index (κ1) is 13.3. The van der Waals surface area contributed by atoms with Crippen LogP contribution in [0.5, 0.6) is 0 Å². The molecular weight excluding hydrogens is 228 g/mol. The molecule has 0 aromatic carbocycles. The maximum atomic E-state index is 11.4. The maximum absolute atomic E-state index is 11.4. The Balaban J connectivity index is 2.53. The van der Waals surface area contributed by atoms with Crippen molar-refractivity contribution in [3.8, 4) is 0 Å². The van der Waals surface area contributed by atoms with E-state index in [-0.39, 0.29) is 0 Å². The van der Waals surface area contributed by atoms with Crippen LogP contribution in [0.3, 0.4) is 0 Å². The van der Waals surface area contributed by atoms with E-state index >= 15 is 0 Å². The van der Waals surface area contributed by atoms with Gasteiger partial charge in [-0.15, -0.1) is 0 Å². The summed E-state index contributed by atoms with van der Waals surface area (Å²) < 4.78 is 4.97. The van der Waals surface area contributed by atoms with Gasteiger partial charge in [0.15, 0.2) is 0 Å². The molecule has 3 amide bonds. The number of carboxylic acid groups (broad SMARTS) is 1. The molecule has 7 nitrogen and oxygen atoms in total. The third kappa shape index (κ3) is 2.86. The van der Waals surface area contributed by atoms with Gasteiger partial charge >= 0.3 is 12.2 Å². The SMILES string of the molecule is CC1[C@H](NC(=O)OC(C)(C)C)C(=O)N1C(=O)O. The zero-order valence-electron chi connectivity index (χ0n) is 10.2. The first-order chi connectivity index (χ1) is 7.63. The van der Waals surface area contributed by atoms with Crippen LogP contribution in [0, 0.1) is 0 Å². The lowest BCUT2D eigenvalue weighted by atomic mass is 9.98. The molecule has 1 fully saturated rings. The Morgan fingerprint density at radius 1 is 1.41 bits per heavy atom. The molecule has 0 radical (unpaired) electrons. The summed E-state index contributed by atoms with van der Waals surface area (Å²) in [5.41, 5.74) is -0.660. The predicted molar refractivity (Wildman–Crippen MR) is 57.5 cm³/mol. The van der Waals surface area contributed by atoms with Crippen molar-refractivity contribution in [3.05, 3.63) is 0 Å². The number of imide groups is 1. The summed E-state index contributed by atoms with van der Waals surface area (Å²) in [6.45, 7) is 6.63. The monoisotopic (exact) mass is 244 g/mol. The summed E-state index contributed by atoms with van der Waals surface area (Å²) in [5, 5.41) is 11.0. The minimum Gasteiger partial charge on any atom is -0.465 e. The molecule has 1 rings (SSSR count). The highest BCUT2D eigenvalue weighted by Gasteiger charge is 2.49. The molecule has 0 saturated carbocycles. The van der Waals surface area contributed by atoms with Crippen molar-refractivity contribution in [2.45, 2.75) is 45.4 Å². The number of rotatable bonds is 1. The summed E-state index contributed by atoms with van der Waals surface area (Å²) in [4.78, 5) is 34.1. The summed E-state index contributed by atoms with van der Waals surface area (Å²) in [7, 11) is 0. The van der Waals surface area contributed by atoms with Crippen LogP contribution >= 0.6 is 0 Å². The van der Waals surface area contributed by atoms with E-state index < -0.39 is 35.8 Å². The van der Waals surface area contributed by atoms with Gasteiger partial charge in [-0.3, -0.25) is 4.79 Å². The molecule has 0 aromatic rings. The second-order valence-electron chi connectivity index (χ2n) is 4.86. The molecule has 0 spiro atoms. The Morgan fingerprint density at radius 3 is 2.29 bits per heavy atom. The van der Waals surface area contributed by atoms with E-state index in [4.69, 9.17) is 9.84 Å². The largest absolute Gasteiger partial charge is 0.465 e. The number of amides is 3. The van der Waals surface area contributed by atoms with Crippen LogP contribution in [0.15, 0.2) is 0 Å². The molecule has 0 bridgehead atoms. The van der Waals surface area contributed by atoms with Gasteiger partial charge in [0.2, 0.25) is 0 Å². The van der Waals surface area contributed by atoms with Crippen molar-refractivity contribution in [3.63, 3.8) is 0 Å². The van der Waals surface area contributed by atoms with Gasteiger partial charge in [0, 0.05) is 0 Å². The van der Waals surface area contributed by atoms with E-state index in [0.717, 1.165) is 0 Å². The number of hydrogen-bond donors (Lipinski definition) is 2. The molecule has 0 aliphatic carbocycles. The van der Waals surface area contributed by atoms with Gasteiger partial charge in [-0.05, 0) is 27.7 Å². The fourth-order valence-corrected chi connectivity index (χ4v) is 1.51. The van der Waals surface area contributed by atoms with Crippen molar-refractivity contribution in [2.75, 3.05) is 0 Å². The Morgan fingerprint density at radius 2 is 1.94 bits per heavy atom. The smallest absolute Gasteiger partial charge is 0.414 e. The summed E-state index contributed by atoms with van der Waals surface area (Å²) in [6.07, 6.45) is -2.04. The van der Waals surface area contributed by atoms with Crippen LogP contribution in [0.1, 0.15) is 27.7 Å². The third-order valence-corrected chi connectivity index (χ3v) is 2.27. The number of alkyl carbamates (subject to hydrolysis) is 1. The minimum atomic E-state index is -1.32. The molecule has 1 aliphatic heterocycles. The number of β-lactam (4-membered cyclic amide) rings is 1. The van der Waals surface area contributed by atoms with E-state index in [1.807, 2.05) is 0 Å². The average Bonchev–Trinajstić information content (AvgIpc) is 2.11. The van der Waals surface area contributed by atoms with E-state index in [9.17, 15) is 14.4 Å². The molecule has 96 valence electrons. The van der Waals surface area contributed by atoms with Crippen molar-refractivity contribution < 1.29 is 24.2 Å². The quantitative estimate of drug-likeness (QED) is 0.665. The second-order valence-corrected chi connectivity index (χ2v) is 4.86.